The number of nitrogens with two attached hydrogens (primary N) is 1. The number of hydrogen-bond donors (Lipinski definition) is 1. The standard InChI is InChI=1S/C20H14ClNO4S/c1-25-19(23)16-14(10-6-8-11(21)9-7-10)15-17(26-18(16)22)12-4-2-3-5-13(12)27-20(15)24/h2-9,14H,22H2,1H3. The van der Waals surface area contributed by atoms with E-state index in [9.17, 15) is 9.59 Å². The normalized spacial score (nSPS) is 16.0. The molecular formula is C20H14ClNO4S. The maximum Gasteiger partial charge on any atom is 0.340 e. The first-order valence-electron chi connectivity index (χ1n) is 8.08. The molecule has 1 aromatic heterocycles. The van der Waals surface area contributed by atoms with E-state index in [1.165, 1.54) is 7.11 Å². The molecule has 0 fully saturated rings. The van der Waals surface area contributed by atoms with Crippen LogP contribution in [0.25, 0.3) is 10.1 Å². The molecule has 7 heteroatoms. The number of methoxy groups -OCH3 is 1. The fourth-order valence-electron chi connectivity index (χ4n) is 3.26. The van der Waals surface area contributed by atoms with Crippen molar-refractivity contribution >= 4 is 39.0 Å². The molecule has 3 aromatic rings. The number of carbonyl (C=O) groups excluding carboxylic acids is 1. The van der Waals surface area contributed by atoms with Crippen LogP contribution in [0.2, 0.25) is 5.02 Å². The van der Waals surface area contributed by atoms with Crippen molar-refractivity contribution in [2.45, 2.75) is 5.92 Å². The summed E-state index contributed by atoms with van der Waals surface area (Å²) in [5.41, 5.74) is 7.28. The highest BCUT2D eigenvalue weighted by molar-refractivity contribution is 7.16. The van der Waals surface area contributed by atoms with Gasteiger partial charge in [0.25, 0.3) is 0 Å². The second-order valence-corrected chi connectivity index (χ2v) is 7.44. The molecule has 0 amide bonds. The molecule has 0 saturated heterocycles. The minimum absolute atomic E-state index is 0.0740. The largest absolute Gasteiger partial charge is 0.465 e. The van der Waals surface area contributed by atoms with Gasteiger partial charge < -0.3 is 15.2 Å². The lowest BCUT2D eigenvalue weighted by Crippen LogP contribution is -2.30. The summed E-state index contributed by atoms with van der Waals surface area (Å²) in [6, 6.07) is 14.3. The molecule has 136 valence electrons. The number of rotatable bonds is 2. The predicted octanol–water partition coefficient (Wildman–Crippen LogP) is 3.78. The van der Waals surface area contributed by atoms with Gasteiger partial charge in [-0.25, -0.2) is 4.79 Å². The summed E-state index contributed by atoms with van der Waals surface area (Å²) in [6.07, 6.45) is 0. The minimum Gasteiger partial charge on any atom is -0.465 e. The third-order valence-corrected chi connectivity index (χ3v) is 5.70. The third-order valence-electron chi connectivity index (χ3n) is 4.46. The van der Waals surface area contributed by atoms with Crippen molar-refractivity contribution in [1.29, 1.82) is 0 Å². The Morgan fingerprint density at radius 3 is 2.59 bits per heavy atom. The Bertz CT molecular complexity index is 1150. The van der Waals surface area contributed by atoms with Crippen molar-refractivity contribution in [1.82, 2.24) is 0 Å². The molecule has 1 atom stereocenters. The molecule has 0 aliphatic carbocycles. The van der Waals surface area contributed by atoms with Crippen LogP contribution in [-0.4, -0.2) is 13.1 Å². The van der Waals surface area contributed by atoms with Crippen LogP contribution >= 0.6 is 22.9 Å². The smallest absolute Gasteiger partial charge is 0.340 e. The molecule has 0 radical (unpaired) electrons. The fourth-order valence-corrected chi connectivity index (χ4v) is 4.33. The zero-order valence-electron chi connectivity index (χ0n) is 14.2. The van der Waals surface area contributed by atoms with Gasteiger partial charge >= 0.3 is 5.97 Å². The average Bonchev–Trinajstić information content (AvgIpc) is 2.67. The average molecular weight is 400 g/mol. The van der Waals surface area contributed by atoms with Gasteiger partial charge in [-0.05, 0) is 29.8 Å². The Kier molecular flexibility index (Phi) is 4.37. The van der Waals surface area contributed by atoms with E-state index in [1.54, 1.807) is 24.3 Å². The molecule has 27 heavy (non-hydrogen) atoms. The third kappa shape index (κ3) is 2.87. The van der Waals surface area contributed by atoms with E-state index < -0.39 is 11.9 Å². The van der Waals surface area contributed by atoms with Crippen LogP contribution in [0, 0.1) is 0 Å². The summed E-state index contributed by atoms with van der Waals surface area (Å²) < 4.78 is 11.3. The topological polar surface area (TPSA) is 78.6 Å². The Morgan fingerprint density at radius 2 is 1.89 bits per heavy atom. The van der Waals surface area contributed by atoms with Crippen molar-refractivity contribution in [3.8, 4) is 5.75 Å². The van der Waals surface area contributed by atoms with Gasteiger partial charge in [-0.15, -0.1) is 0 Å². The van der Waals surface area contributed by atoms with Crippen molar-refractivity contribution in [3.05, 3.63) is 85.7 Å². The molecule has 4 rings (SSSR count). The second-order valence-electron chi connectivity index (χ2n) is 5.98. The van der Waals surface area contributed by atoms with E-state index in [-0.39, 0.29) is 16.2 Å². The number of fused-ring (bicyclic) bond motifs is 3. The van der Waals surface area contributed by atoms with Crippen LogP contribution in [-0.2, 0) is 9.53 Å². The summed E-state index contributed by atoms with van der Waals surface area (Å²) >= 11 is 7.11. The number of halogens is 1. The van der Waals surface area contributed by atoms with Gasteiger partial charge in [0.05, 0.1) is 18.6 Å². The summed E-state index contributed by atoms with van der Waals surface area (Å²) in [4.78, 5) is 25.4. The van der Waals surface area contributed by atoms with Crippen LogP contribution in [0.4, 0.5) is 0 Å². The van der Waals surface area contributed by atoms with Gasteiger partial charge in [0.1, 0.15) is 11.3 Å². The summed E-state index contributed by atoms with van der Waals surface area (Å²) in [6.45, 7) is 0. The highest BCUT2D eigenvalue weighted by Gasteiger charge is 2.38. The Labute approximate surface area is 163 Å². The maximum atomic E-state index is 13.0. The van der Waals surface area contributed by atoms with Crippen LogP contribution in [0.3, 0.4) is 0 Å². The van der Waals surface area contributed by atoms with E-state index in [4.69, 9.17) is 26.8 Å². The van der Waals surface area contributed by atoms with Crippen LogP contribution < -0.4 is 15.2 Å². The van der Waals surface area contributed by atoms with Gasteiger partial charge in [-0.2, -0.15) is 0 Å². The second kappa shape index (κ2) is 6.72. The molecule has 2 N–H and O–H groups in total. The quantitative estimate of drug-likeness (QED) is 0.663. The number of benzene rings is 2. The molecule has 1 aliphatic rings. The zero-order chi connectivity index (χ0) is 19.1. The number of hydrogen-bond acceptors (Lipinski definition) is 6. The zero-order valence-corrected chi connectivity index (χ0v) is 15.8. The van der Waals surface area contributed by atoms with Crippen molar-refractivity contribution in [2.75, 3.05) is 7.11 Å². The molecule has 5 nitrogen and oxygen atoms in total. The molecule has 0 spiro atoms. The van der Waals surface area contributed by atoms with Crippen molar-refractivity contribution in [3.63, 3.8) is 0 Å². The fraction of sp³-hybridized carbons (Fsp3) is 0.100. The first kappa shape index (κ1) is 17.6. The molecule has 1 unspecified atom stereocenters. The van der Waals surface area contributed by atoms with Crippen molar-refractivity contribution < 1.29 is 14.3 Å². The Hall–Kier alpha value is -2.83. The Balaban J connectivity index is 2.07. The lowest BCUT2D eigenvalue weighted by molar-refractivity contribution is -0.136. The SMILES string of the molecule is COC(=O)C1=C(N)Oc2c(c(=O)sc3ccccc23)C1c1ccc(Cl)cc1. The number of ether oxygens (including phenoxy) is 2. The summed E-state index contributed by atoms with van der Waals surface area (Å²) in [7, 11) is 1.26. The van der Waals surface area contributed by atoms with E-state index in [2.05, 4.69) is 0 Å². The molecule has 2 heterocycles. The van der Waals surface area contributed by atoms with Gasteiger partial charge in [-0.1, -0.05) is 47.2 Å². The van der Waals surface area contributed by atoms with Gasteiger partial charge in [0.2, 0.25) is 10.6 Å². The molecular weight excluding hydrogens is 386 g/mol. The van der Waals surface area contributed by atoms with Crippen LogP contribution in [0.5, 0.6) is 5.75 Å². The van der Waals surface area contributed by atoms with E-state index in [1.807, 2.05) is 24.3 Å². The minimum atomic E-state index is -0.702. The molecule has 2 aromatic carbocycles. The van der Waals surface area contributed by atoms with Crippen LogP contribution in [0.1, 0.15) is 17.0 Å². The first-order valence-corrected chi connectivity index (χ1v) is 9.27. The molecule has 1 aliphatic heterocycles. The van der Waals surface area contributed by atoms with E-state index >= 15 is 0 Å². The van der Waals surface area contributed by atoms with Gasteiger partial charge in [0.15, 0.2) is 0 Å². The summed E-state index contributed by atoms with van der Waals surface area (Å²) in [5, 5.41) is 1.31. The molecule has 0 bridgehead atoms. The van der Waals surface area contributed by atoms with Crippen molar-refractivity contribution in [2.24, 2.45) is 5.73 Å². The highest BCUT2D eigenvalue weighted by atomic mass is 35.5. The maximum absolute atomic E-state index is 13.0. The predicted molar refractivity (Wildman–Crippen MR) is 105 cm³/mol. The van der Waals surface area contributed by atoms with Gasteiger partial charge in [0, 0.05) is 15.1 Å². The first-order chi connectivity index (χ1) is 13.0. The highest BCUT2D eigenvalue weighted by Crippen LogP contribution is 2.44. The van der Waals surface area contributed by atoms with E-state index in [0.717, 1.165) is 21.4 Å². The number of esters is 1. The van der Waals surface area contributed by atoms with E-state index in [0.29, 0.717) is 21.9 Å². The van der Waals surface area contributed by atoms with Crippen LogP contribution in [0.15, 0.2) is 64.8 Å². The lowest BCUT2D eigenvalue weighted by atomic mass is 9.83. The monoisotopic (exact) mass is 399 g/mol. The Morgan fingerprint density at radius 1 is 1.19 bits per heavy atom. The molecule has 0 saturated carbocycles. The summed E-state index contributed by atoms with van der Waals surface area (Å²) in [5.74, 6) is -1.04. The number of carbonyl (C=O) groups is 1. The van der Waals surface area contributed by atoms with Gasteiger partial charge in [-0.3, -0.25) is 4.79 Å². The lowest BCUT2D eigenvalue weighted by Gasteiger charge is -2.28.